The van der Waals surface area contributed by atoms with Crippen LogP contribution < -0.4 is 9.47 Å². The molecule has 2 heterocycles. The van der Waals surface area contributed by atoms with Gasteiger partial charge in [0.2, 0.25) is 0 Å². The van der Waals surface area contributed by atoms with Gasteiger partial charge in [-0.2, -0.15) is 5.10 Å². The monoisotopic (exact) mass is 489 g/mol. The number of aromatic amines is 1. The Kier molecular flexibility index (Phi) is 6.09. The first-order chi connectivity index (χ1) is 17.0. The number of fused-ring (bicyclic) bond motifs is 1. The van der Waals surface area contributed by atoms with Gasteiger partial charge in [-0.25, -0.2) is 0 Å². The van der Waals surface area contributed by atoms with Crippen molar-refractivity contribution in [2.75, 3.05) is 13.7 Å². The Morgan fingerprint density at radius 2 is 1.83 bits per heavy atom. The molecule has 1 aliphatic heterocycles. The summed E-state index contributed by atoms with van der Waals surface area (Å²) in [5.41, 5.74) is 4.52. The first kappa shape index (κ1) is 22.8. The summed E-state index contributed by atoms with van der Waals surface area (Å²) in [6.45, 7) is 2.63. The van der Waals surface area contributed by atoms with Crippen molar-refractivity contribution in [1.82, 2.24) is 15.1 Å². The summed E-state index contributed by atoms with van der Waals surface area (Å²) in [5, 5.41) is 18.4. The molecule has 178 valence electrons. The fourth-order valence-corrected chi connectivity index (χ4v) is 4.56. The average Bonchev–Trinajstić information content (AvgIpc) is 3.41. The summed E-state index contributed by atoms with van der Waals surface area (Å²) >= 11 is 6.07. The van der Waals surface area contributed by atoms with E-state index in [4.69, 9.17) is 21.1 Å². The quantitative estimate of drug-likeness (QED) is 0.353. The number of H-pyrrole nitrogens is 1. The van der Waals surface area contributed by atoms with Gasteiger partial charge in [-0.1, -0.05) is 29.8 Å². The van der Waals surface area contributed by atoms with Crippen molar-refractivity contribution in [3.63, 3.8) is 0 Å². The molecule has 7 nitrogen and oxygen atoms in total. The lowest BCUT2D eigenvalue weighted by atomic mass is 9.95. The molecule has 3 aromatic carbocycles. The van der Waals surface area contributed by atoms with Gasteiger partial charge >= 0.3 is 0 Å². The minimum atomic E-state index is -0.441. The predicted octanol–water partition coefficient (Wildman–Crippen LogP) is 5.59. The molecule has 0 bridgehead atoms. The third-order valence-corrected chi connectivity index (χ3v) is 6.34. The fraction of sp³-hybridized carbons (Fsp3) is 0.185. The number of halogens is 1. The van der Waals surface area contributed by atoms with Crippen molar-refractivity contribution in [3.05, 3.63) is 94.1 Å². The summed E-state index contributed by atoms with van der Waals surface area (Å²) in [6.07, 6.45) is 0. The summed E-state index contributed by atoms with van der Waals surface area (Å²) in [4.78, 5) is 15.4. The summed E-state index contributed by atoms with van der Waals surface area (Å²) in [7, 11) is 1.62. The minimum absolute atomic E-state index is 0.0481. The first-order valence-corrected chi connectivity index (χ1v) is 11.6. The molecular weight excluding hydrogens is 466 g/mol. The second-order valence-electron chi connectivity index (χ2n) is 8.21. The highest BCUT2D eigenvalue weighted by atomic mass is 35.5. The van der Waals surface area contributed by atoms with Gasteiger partial charge in [0.05, 0.1) is 25.5 Å². The van der Waals surface area contributed by atoms with Crippen molar-refractivity contribution < 1.29 is 19.4 Å². The van der Waals surface area contributed by atoms with E-state index < -0.39 is 6.04 Å². The zero-order valence-corrected chi connectivity index (χ0v) is 20.0. The van der Waals surface area contributed by atoms with Crippen LogP contribution in [-0.4, -0.2) is 39.8 Å². The molecule has 5 rings (SSSR count). The number of carbonyl (C=O) groups is 1. The van der Waals surface area contributed by atoms with Crippen molar-refractivity contribution in [2.45, 2.75) is 19.5 Å². The maximum atomic E-state index is 13.6. The molecule has 1 unspecified atom stereocenters. The molecule has 1 atom stereocenters. The van der Waals surface area contributed by atoms with Gasteiger partial charge in [-0.05, 0) is 66.6 Å². The number of ether oxygens (including phenoxy) is 2. The van der Waals surface area contributed by atoms with Gasteiger partial charge in [0.1, 0.15) is 11.4 Å². The van der Waals surface area contributed by atoms with Crippen LogP contribution in [0.1, 0.15) is 40.1 Å². The SMILES string of the molecule is CCOc1cc(C2c3c(-c4ccc(OC)cc4)n[nH]c3C(=O)N2Cc2ccc(Cl)cc2)ccc1O. The number of benzene rings is 3. The Labute approximate surface area is 207 Å². The van der Waals surface area contributed by atoms with Crippen molar-refractivity contribution >= 4 is 17.5 Å². The Morgan fingerprint density at radius 3 is 2.51 bits per heavy atom. The van der Waals surface area contributed by atoms with Crippen LogP contribution in [0.25, 0.3) is 11.3 Å². The number of nitrogens with one attached hydrogen (secondary N) is 1. The Hall–Kier alpha value is -3.97. The third kappa shape index (κ3) is 4.19. The molecule has 0 saturated heterocycles. The van der Waals surface area contributed by atoms with Crippen molar-refractivity contribution in [1.29, 1.82) is 0 Å². The van der Waals surface area contributed by atoms with Crippen LogP contribution in [0.4, 0.5) is 0 Å². The van der Waals surface area contributed by atoms with Gasteiger partial charge in [0.15, 0.2) is 11.5 Å². The second-order valence-corrected chi connectivity index (χ2v) is 8.65. The third-order valence-electron chi connectivity index (χ3n) is 6.09. The second kappa shape index (κ2) is 9.35. The van der Waals surface area contributed by atoms with Crippen LogP contribution in [0.3, 0.4) is 0 Å². The molecule has 2 N–H and O–H groups in total. The molecule has 0 fully saturated rings. The maximum Gasteiger partial charge on any atom is 0.273 e. The van der Waals surface area contributed by atoms with Crippen LogP contribution in [0.2, 0.25) is 5.02 Å². The van der Waals surface area contributed by atoms with E-state index in [2.05, 4.69) is 10.2 Å². The highest BCUT2D eigenvalue weighted by molar-refractivity contribution is 6.30. The van der Waals surface area contributed by atoms with E-state index in [-0.39, 0.29) is 11.7 Å². The van der Waals surface area contributed by atoms with Gasteiger partial charge in [-0.15, -0.1) is 0 Å². The average molecular weight is 490 g/mol. The predicted molar refractivity (Wildman–Crippen MR) is 133 cm³/mol. The van der Waals surface area contributed by atoms with Crippen LogP contribution in [0, 0.1) is 0 Å². The maximum absolute atomic E-state index is 13.6. The lowest BCUT2D eigenvalue weighted by molar-refractivity contribution is 0.0730. The number of phenolic OH excluding ortho intramolecular Hbond substituents is 1. The van der Waals surface area contributed by atoms with E-state index in [1.807, 2.05) is 61.5 Å². The summed E-state index contributed by atoms with van der Waals surface area (Å²) < 4.78 is 10.9. The molecule has 0 aliphatic carbocycles. The number of aromatic hydroxyl groups is 1. The Bertz CT molecular complexity index is 1370. The van der Waals surface area contributed by atoms with Gasteiger partial charge in [-0.3, -0.25) is 9.89 Å². The minimum Gasteiger partial charge on any atom is -0.504 e. The highest BCUT2D eigenvalue weighted by Crippen LogP contribution is 2.45. The largest absolute Gasteiger partial charge is 0.504 e. The molecule has 0 spiro atoms. The van der Waals surface area contributed by atoms with Crippen LogP contribution >= 0.6 is 11.6 Å². The fourth-order valence-electron chi connectivity index (χ4n) is 4.43. The molecule has 0 saturated carbocycles. The molecular formula is C27H24ClN3O4. The standard InChI is InChI=1S/C27H24ClN3O4/c1-3-35-22-14-18(8-13-21(22)32)26-23-24(17-6-11-20(34-2)12-7-17)29-30-25(23)27(33)31(26)15-16-4-9-19(28)10-5-16/h4-14,26,32H,3,15H2,1-2H3,(H,29,30). The van der Waals surface area contributed by atoms with E-state index in [1.54, 1.807) is 24.1 Å². The van der Waals surface area contributed by atoms with Crippen molar-refractivity contribution in [2.24, 2.45) is 0 Å². The van der Waals surface area contributed by atoms with Crippen LogP contribution in [0.5, 0.6) is 17.2 Å². The lowest BCUT2D eigenvalue weighted by Gasteiger charge is -2.27. The lowest BCUT2D eigenvalue weighted by Crippen LogP contribution is -2.29. The number of hydrogen-bond donors (Lipinski definition) is 2. The molecule has 1 aliphatic rings. The molecule has 0 radical (unpaired) electrons. The Morgan fingerprint density at radius 1 is 1.09 bits per heavy atom. The molecule has 35 heavy (non-hydrogen) atoms. The number of carbonyl (C=O) groups excluding carboxylic acids is 1. The summed E-state index contributed by atoms with van der Waals surface area (Å²) in [5.74, 6) is 0.995. The molecule has 1 amide bonds. The van der Waals surface area contributed by atoms with E-state index in [0.29, 0.717) is 35.3 Å². The number of hydrogen-bond acceptors (Lipinski definition) is 5. The van der Waals surface area contributed by atoms with E-state index >= 15 is 0 Å². The Balaban J connectivity index is 1.63. The highest BCUT2D eigenvalue weighted by Gasteiger charge is 2.42. The number of nitrogens with zero attached hydrogens (tertiary/aromatic N) is 2. The van der Waals surface area contributed by atoms with Gasteiger partial charge < -0.3 is 19.5 Å². The molecule has 4 aromatic rings. The molecule has 8 heteroatoms. The van der Waals surface area contributed by atoms with E-state index in [1.165, 1.54) is 0 Å². The topological polar surface area (TPSA) is 87.7 Å². The normalized spacial score (nSPS) is 14.8. The number of amides is 1. The zero-order chi connectivity index (χ0) is 24.5. The van der Waals surface area contributed by atoms with Gasteiger partial charge in [0, 0.05) is 22.7 Å². The number of rotatable bonds is 7. The smallest absolute Gasteiger partial charge is 0.273 e. The zero-order valence-electron chi connectivity index (χ0n) is 19.3. The number of methoxy groups -OCH3 is 1. The van der Waals surface area contributed by atoms with E-state index in [0.717, 1.165) is 28.0 Å². The van der Waals surface area contributed by atoms with Crippen LogP contribution in [-0.2, 0) is 6.54 Å². The van der Waals surface area contributed by atoms with Crippen molar-refractivity contribution in [3.8, 4) is 28.5 Å². The molecule has 1 aromatic heterocycles. The first-order valence-electron chi connectivity index (χ1n) is 11.2. The van der Waals surface area contributed by atoms with Gasteiger partial charge in [0.25, 0.3) is 5.91 Å². The number of aromatic nitrogens is 2. The number of phenols is 1. The van der Waals surface area contributed by atoms with Crippen LogP contribution in [0.15, 0.2) is 66.7 Å². The summed E-state index contributed by atoms with van der Waals surface area (Å²) in [6, 6.07) is 19.7. The van der Waals surface area contributed by atoms with E-state index in [9.17, 15) is 9.90 Å².